The summed E-state index contributed by atoms with van der Waals surface area (Å²) in [6.45, 7) is 2.86. The van der Waals surface area contributed by atoms with E-state index in [4.69, 9.17) is 18.9 Å². The van der Waals surface area contributed by atoms with Crippen molar-refractivity contribution in [3.63, 3.8) is 0 Å². The number of amides is 1. The van der Waals surface area contributed by atoms with Crippen LogP contribution in [0.5, 0.6) is 0 Å². The van der Waals surface area contributed by atoms with E-state index < -0.39 is 86.8 Å². The predicted molar refractivity (Wildman–Crippen MR) is 277 cm³/mol. The first-order valence-corrected chi connectivity index (χ1v) is 28.9. The Morgan fingerprint density at radius 2 is 0.900 bits per heavy atom. The molecule has 0 aromatic heterocycles. The number of carbonyl (C=O) groups is 1. The van der Waals surface area contributed by atoms with E-state index in [1.54, 1.807) is 0 Å². The van der Waals surface area contributed by atoms with Gasteiger partial charge in [0.25, 0.3) is 0 Å². The highest BCUT2D eigenvalue weighted by molar-refractivity contribution is 5.76. The molecule has 0 aromatic carbocycles. The monoisotopic (exact) mass is 1000 g/mol. The van der Waals surface area contributed by atoms with Crippen molar-refractivity contribution in [2.75, 3.05) is 19.8 Å². The number of nitrogens with one attached hydrogen (secondary N) is 1. The van der Waals surface area contributed by atoms with Gasteiger partial charge in [0.2, 0.25) is 5.91 Å². The minimum atomic E-state index is -1.78. The molecule has 70 heavy (non-hydrogen) atoms. The summed E-state index contributed by atoms with van der Waals surface area (Å²) in [6.07, 6.45) is 30.7. The highest BCUT2D eigenvalue weighted by Crippen LogP contribution is 2.30. The summed E-state index contributed by atoms with van der Waals surface area (Å²) in [5.41, 5.74) is 0. The Balaban J connectivity index is 1.76. The number of unbranched alkanes of at least 4 members (excludes halogenated alkanes) is 31. The fourth-order valence-electron chi connectivity index (χ4n) is 9.76. The molecule has 0 aliphatic carbocycles. The number of carbonyl (C=O) groups excluding carboxylic acids is 1. The molecule has 2 saturated heterocycles. The standard InChI is InChI=1S/C56H107NO13/c1-3-5-7-9-11-13-15-17-19-20-21-22-23-24-25-26-27-29-31-33-35-37-39-45(60)44(57-48(61)40-38-36-34-32-30-28-18-16-14-12-10-8-6-4-2)43-67-55-53(66)51(64)54(47(42-59)69-55)70-56-52(65)50(63)49(62)46(41-58)68-56/h16,18,44-47,49-56,58-60,62-66H,3-15,17,19-43H2,1-2H3,(H,57,61)/b18-16-. The number of ether oxygens (including phenoxy) is 4. The van der Waals surface area contributed by atoms with Crippen LogP contribution in [0.4, 0.5) is 0 Å². The van der Waals surface area contributed by atoms with Gasteiger partial charge in [0.15, 0.2) is 12.6 Å². The number of hydrogen-bond donors (Lipinski definition) is 9. The van der Waals surface area contributed by atoms with E-state index in [0.29, 0.717) is 19.3 Å². The van der Waals surface area contributed by atoms with E-state index >= 15 is 0 Å². The molecule has 0 bridgehead atoms. The van der Waals surface area contributed by atoms with Gasteiger partial charge < -0.3 is 65.1 Å². The fourth-order valence-corrected chi connectivity index (χ4v) is 9.76. The summed E-state index contributed by atoms with van der Waals surface area (Å²) in [6, 6.07) is -0.829. The van der Waals surface area contributed by atoms with E-state index in [1.807, 2.05) is 0 Å². The lowest BCUT2D eigenvalue weighted by molar-refractivity contribution is -0.359. The van der Waals surface area contributed by atoms with Gasteiger partial charge in [0, 0.05) is 6.42 Å². The van der Waals surface area contributed by atoms with E-state index in [1.165, 1.54) is 148 Å². The molecule has 0 radical (unpaired) electrons. The van der Waals surface area contributed by atoms with E-state index in [-0.39, 0.29) is 12.5 Å². The minimum Gasteiger partial charge on any atom is -0.394 e. The van der Waals surface area contributed by atoms with Crippen molar-refractivity contribution in [2.24, 2.45) is 0 Å². The molecule has 0 saturated carbocycles. The lowest BCUT2D eigenvalue weighted by Gasteiger charge is -2.46. The Bertz CT molecular complexity index is 1230. The van der Waals surface area contributed by atoms with E-state index in [0.717, 1.165) is 64.2 Å². The molecule has 2 aliphatic heterocycles. The SMILES string of the molecule is CCCCCCC/C=C\CCCCCCCC(=O)NC(COC1OC(CO)C(OC2OC(CO)C(O)C(O)C2O)C(O)C1O)C(O)CCCCCCCCCCCCCCCCCCCCCCCC. The Morgan fingerprint density at radius 3 is 1.36 bits per heavy atom. The largest absolute Gasteiger partial charge is 0.394 e. The van der Waals surface area contributed by atoms with Crippen LogP contribution >= 0.6 is 0 Å². The van der Waals surface area contributed by atoms with E-state index in [2.05, 4.69) is 31.3 Å². The molecule has 2 rings (SSSR count). The summed E-state index contributed by atoms with van der Waals surface area (Å²) in [7, 11) is 0. The third kappa shape index (κ3) is 29.0. The maximum atomic E-state index is 13.2. The number of aliphatic hydroxyl groups excluding tert-OH is 8. The first kappa shape index (κ1) is 64.8. The molecule has 9 N–H and O–H groups in total. The molecule has 14 nitrogen and oxygen atoms in total. The van der Waals surface area contributed by atoms with Crippen molar-refractivity contribution in [3.8, 4) is 0 Å². The number of allylic oxidation sites excluding steroid dienone is 2. The van der Waals surface area contributed by atoms with Gasteiger partial charge in [0.1, 0.15) is 48.8 Å². The minimum absolute atomic E-state index is 0.213. The van der Waals surface area contributed by atoms with Gasteiger partial charge in [-0.3, -0.25) is 4.79 Å². The topological polar surface area (TPSA) is 228 Å². The van der Waals surface area contributed by atoms with Gasteiger partial charge in [-0.25, -0.2) is 0 Å². The lowest BCUT2D eigenvalue weighted by atomic mass is 9.97. The lowest BCUT2D eigenvalue weighted by Crippen LogP contribution is -2.65. The van der Waals surface area contributed by atoms with Crippen LogP contribution in [0.1, 0.15) is 245 Å². The van der Waals surface area contributed by atoms with E-state index in [9.17, 15) is 45.6 Å². The van der Waals surface area contributed by atoms with Gasteiger partial charge in [0.05, 0.1) is 32.0 Å². The van der Waals surface area contributed by atoms with Gasteiger partial charge in [-0.15, -0.1) is 0 Å². The smallest absolute Gasteiger partial charge is 0.220 e. The zero-order valence-corrected chi connectivity index (χ0v) is 44.3. The molecule has 1 amide bonds. The number of hydrogen-bond acceptors (Lipinski definition) is 13. The number of rotatable bonds is 46. The molecular formula is C56H107NO13. The molecule has 14 heteroatoms. The third-order valence-corrected chi connectivity index (χ3v) is 14.5. The third-order valence-electron chi connectivity index (χ3n) is 14.5. The van der Waals surface area contributed by atoms with Crippen LogP contribution in [0.25, 0.3) is 0 Å². The fraction of sp³-hybridized carbons (Fsp3) is 0.946. The molecular weight excluding hydrogens is 895 g/mol. The van der Waals surface area contributed by atoms with Crippen LogP contribution in [0.2, 0.25) is 0 Å². The summed E-state index contributed by atoms with van der Waals surface area (Å²) < 4.78 is 22.8. The first-order chi connectivity index (χ1) is 34.1. The summed E-state index contributed by atoms with van der Waals surface area (Å²) in [4.78, 5) is 13.2. The molecule has 12 atom stereocenters. The van der Waals surface area contributed by atoms with Crippen molar-refractivity contribution in [3.05, 3.63) is 12.2 Å². The highest BCUT2D eigenvalue weighted by atomic mass is 16.7. The molecule has 2 aliphatic rings. The highest BCUT2D eigenvalue weighted by Gasteiger charge is 2.51. The summed E-state index contributed by atoms with van der Waals surface area (Å²) in [5.74, 6) is -0.213. The Kier molecular flexibility index (Phi) is 39.9. The van der Waals surface area contributed by atoms with Gasteiger partial charge in [-0.1, -0.05) is 212 Å². The second-order valence-corrected chi connectivity index (χ2v) is 20.8. The Hall–Kier alpha value is -1.27. The predicted octanol–water partition coefficient (Wildman–Crippen LogP) is 9.11. The van der Waals surface area contributed by atoms with Crippen molar-refractivity contribution < 1.29 is 64.6 Å². The zero-order valence-electron chi connectivity index (χ0n) is 44.3. The van der Waals surface area contributed by atoms with Gasteiger partial charge in [-0.05, 0) is 38.5 Å². The van der Waals surface area contributed by atoms with Crippen molar-refractivity contribution in [1.82, 2.24) is 5.32 Å². The van der Waals surface area contributed by atoms with Crippen LogP contribution in [0, 0.1) is 0 Å². The molecule has 2 heterocycles. The molecule has 0 spiro atoms. The molecule has 12 unspecified atom stereocenters. The first-order valence-electron chi connectivity index (χ1n) is 28.9. The molecule has 2 fully saturated rings. The van der Waals surface area contributed by atoms with Crippen molar-refractivity contribution in [2.45, 2.75) is 319 Å². The zero-order chi connectivity index (χ0) is 51.0. The second-order valence-electron chi connectivity index (χ2n) is 20.8. The number of aliphatic hydroxyl groups is 8. The summed E-state index contributed by atoms with van der Waals surface area (Å²) >= 11 is 0. The van der Waals surface area contributed by atoms with Crippen LogP contribution in [0.15, 0.2) is 12.2 Å². The molecule has 0 aromatic rings. The van der Waals surface area contributed by atoms with Crippen molar-refractivity contribution in [1.29, 1.82) is 0 Å². The maximum absolute atomic E-state index is 13.2. The Labute approximate surface area is 425 Å². The Morgan fingerprint density at radius 1 is 0.500 bits per heavy atom. The van der Waals surface area contributed by atoms with Gasteiger partial charge in [-0.2, -0.15) is 0 Å². The molecule has 414 valence electrons. The summed E-state index contributed by atoms with van der Waals surface area (Å²) in [5, 5.41) is 87.1. The average Bonchev–Trinajstić information content (AvgIpc) is 3.36. The van der Waals surface area contributed by atoms with Crippen LogP contribution < -0.4 is 5.32 Å². The van der Waals surface area contributed by atoms with Crippen LogP contribution in [0.3, 0.4) is 0 Å². The quantitative estimate of drug-likeness (QED) is 0.0205. The van der Waals surface area contributed by atoms with Crippen molar-refractivity contribution >= 4 is 5.91 Å². The van der Waals surface area contributed by atoms with Crippen LogP contribution in [-0.4, -0.2) is 140 Å². The maximum Gasteiger partial charge on any atom is 0.220 e. The van der Waals surface area contributed by atoms with Crippen LogP contribution in [-0.2, 0) is 23.7 Å². The normalized spacial score (nSPS) is 26.0. The second kappa shape index (κ2) is 43.0. The van der Waals surface area contributed by atoms with Gasteiger partial charge >= 0.3 is 0 Å². The average molecular weight is 1000 g/mol.